The second kappa shape index (κ2) is 7.99. The minimum Gasteiger partial charge on any atom is -0.469 e. The first kappa shape index (κ1) is 18.0. The summed E-state index contributed by atoms with van der Waals surface area (Å²) in [6.07, 6.45) is 1.39. The van der Waals surface area contributed by atoms with E-state index in [2.05, 4.69) is 5.32 Å². The van der Waals surface area contributed by atoms with Crippen LogP contribution in [0.2, 0.25) is 10.0 Å². The second-order valence-electron chi connectivity index (χ2n) is 5.62. The van der Waals surface area contributed by atoms with Crippen molar-refractivity contribution in [1.29, 1.82) is 0 Å². The molecule has 0 spiro atoms. The van der Waals surface area contributed by atoms with Crippen LogP contribution >= 0.6 is 23.2 Å². The van der Waals surface area contributed by atoms with Crippen molar-refractivity contribution in [2.75, 3.05) is 25.5 Å². The molecule has 1 amide bonds. The lowest BCUT2D eigenvalue weighted by Crippen LogP contribution is -2.47. The topological polar surface area (TPSA) is 58.6 Å². The van der Waals surface area contributed by atoms with Gasteiger partial charge in [-0.25, -0.2) is 0 Å². The Bertz CT molecular complexity index is 587. The molecule has 1 aromatic rings. The number of carbonyl (C=O) groups excluding carboxylic acids is 2. The van der Waals surface area contributed by atoms with Gasteiger partial charge in [0.15, 0.2) is 0 Å². The molecular formula is C16H20Cl2N2O3. The molecule has 0 aromatic heterocycles. The SMILES string of the molecule is COC(=O)C1CCN([C@H](C)C(=O)Nc2cc(Cl)ccc2Cl)CC1. The molecule has 2 rings (SSSR count). The molecule has 0 bridgehead atoms. The van der Waals surface area contributed by atoms with Crippen molar-refractivity contribution in [3.63, 3.8) is 0 Å². The summed E-state index contributed by atoms with van der Waals surface area (Å²) in [6.45, 7) is 3.20. The number of rotatable bonds is 4. The monoisotopic (exact) mass is 358 g/mol. The van der Waals surface area contributed by atoms with Crippen LogP contribution in [0.1, 0.15) is 19.8 Å². The molecule has 0 aliphatic carbocycles. The predicted octanol–water partition coefficient (Wildman–Crippen LogP) is 3.21. The van der Waals surface area contributed by atoms with Gasteiger partial charge in [-0.2, -0.15) is 0 Å². The lowest BCUT2D eigenvalue weighted by molar-refractivity contribution is -0.147. The Morgan fingerprint density at radius 2 is 1.96 bits per heavy atom. The highest BCUT2D eigenvalue weighted by Crippen LogP contribution is 2.26. The quantitative estimate of drug-likeness (QED) is 0.839. The molecule has 0 unspecified atom stereocenters. The molecule has 1 heterocycles. The Hall–Kier alpha value is -1.30. The molecule has 1 aromatic carbocycles. The van der Waals surface area contributed by atoms with Crippen molar-refractivity contribution >= 4 is 40.8 Å². The van der Waals surface area contributed by atoms with Gasteiger partial charge in [0.1, 0.15) is 0 Å². The molecule has 126 valence electrons. The molecule has 5 nitrogen and oxygen atoms in total. The van der Waals surface area contributed by atoms with Crippen molar-refractivity contribution in [1.82, 2.24) is 4.90 Å². The first-order valence-electron chi connectivity index (χ1n) is 7.50. The van der Waals surface area contributed by atoms with E-state index in [1.807, 2.05) is 11.8 Å². The van der Waals surface area contributed by atoms with E-state index in [9.17, 15) is 9.59 Å². The molecule has 1 N–H and O–H groups in total. The first-order valence-corrected chi connectivity index (χ1v) is 8.25. The van der Waals surface area contributed by atoms with Crippen LogP contribution in [0.4, 0.5) is 5.69 Å². The van der Waals surface area contributed by atoms with Gasteiger partial charge in [-0.1, -0.05) is 23.2 Å². The van der Waals surface area contributed by atoms with Crippen molar-refractivity contribution in [2.24, 2.45) is 5.92 Å². The van der Waals surface area contributed by atoms with E-state index in [4.69, 9.17) is 27.9 Å². The highest BCUT2D eigenvalue weighted by atomic mass is 35.5. The Balaban J connectivity index is 1.93. The van der Waals surface area contributed by atoms with Gasteiger partial charge in [0, 0.05) is 5.02 Å². The van der Waals surface area contributed by atoms with Crippen LogP contribution in [0.15, 0.2) is 18.2 Å². The molecule has 1 atom stereocenters. The molecule has 23 heavy (non-hydrogen) atoms. The maximum Gasteiger partial charge on any atom is 0.308 e. The fraction of sp³-hybridized carbons (Fsp3) is 0.500. The Kier molecular flexibility index (Phi) is 6.27. The van der Waals surface area contributed by atoms with E-state index in [-0.39, 0.29) is 23.8 Å². The fourth-order valence-electron chi connectivity index (χ4n) is 2.69. The van der Waals surface area contributed by atoms with E-state index in [1.54, 1.807) is 18.2 Å². The Morgan fingerprint density at radius 3 is 2.57 bits per heavy atom. The number of likely N-dealkylation sites (tertiary alicyclic amines) is 1. The van der Waals surface area contributed by atoms with Gasteiger partial charge in [-0.3, -0.25) is 14.5 Å². The number of benzene rings is 1. The highest BCUT2D eigenvalue weighted by Gasteiger charge is 2.30. The van der Waals surface area contributed by atoms with E-state index in [0.717, 1.165) is 0 Å². The number of piperidine rings is 1. The molecule has 1 fully saturated rings. The molecule has 1 aliphatic rings. The lowest BCUT2D eigenvalue weighted by Gasteiger charge is -2.34. The van der Waals surface area contributed by atoms with E-state index >= 15 is 0 Å². The summed E-state index contributed by atoms with van der Waals surface area (Å²) in [7, 11) is 1.40. The fourth-order valence-corrected chi connectivity index (χ4v) is 3.02. The van der Waals surface area contributed by atoms with Crippen molar-refractivity contribution in [3.05, 3.63) is 28.2 Å². The van der Waals surface area contributed by atoms with Crippen LogP contribution in [-0.4, -0.2) is 43.0 Å². The standard InChI is InChI=1S/C16H20Cl2N2O3/c1-10(20-7-5-11(6-8-20)16(22)23-2)15(21)19-14-9-12(17)3-4-13(14)18/h3-4,9-11H,5-8H2,1-2H3,(H,19,21)/t10-/m1/s1. The minimum atomic E-state index is -0.316. The molecule has 7 heteroatoms. The Labute approximate surface area is 145 Å². The number of hydrogen-bond donors (Lipinski definition) is 1. The van der Waals surface area contributed by atoms with Gasteiger partial charge in [0.2, 0.25) is 5.91 Å². The summed E-state index contributed by atoms with van der Waals surface area (Å²) >= 11 is 12.0. The van der Waals surface area contributed by atoms with Crippen LogP contribution in [-0.2, 0) is 14.3 Å². The molecule has 1 aliphatic heterocycles. The summed E-state index contributed by atoms with van der Waals surface area (Å²) in [5.74, 6) is -0.396. The summed E-state index contributed by atoms with van der Waals surface area (Å²) in [5.41, 5.74) is 0.500. The van der Waals surface area contributed by atoms with E-state index in [0.29, 0.717) is 41.7 Å². The minimum absolute atomic E-state index is 0.0751. The maximum atomic E-state index is 12.4. The van der Waals surface area contributed by atoms with Crippen LogP contribution in [0.25, 0.3) is 0 Å². The molecule has 1 saturated heterocycles. The number of methoxy groups -OCH3 is 1. The predicted molar refractivity (Wildman–Crippen MR) is 90.9 cm³/mol. The van der Waals surface area contributed by atoms with Crippen LogP contribution in [0.5, 0.6) is 0 Å². The smallest absolute Gasteiger partial charge is 0.308 e. The number of halogens is 2. The third-order valence-electron chi connectivity index (χ3n) is 4.18. The number of carbonyl (C=O) groups is 2. The zero-order chi connectivity index (χ0) is 17.0. The lowest BCUT2D eigenvalue weighted by atomic mass is 9.96. The van der Waals surface area contributed by atoms with E-state index < -0.39 is 0 Å². The highest BCUT2D eigenvalue weighted by molar-refractivity contribution is 6.35. The Morgan fingerprint density at radius 1 is 1.30 bits per heavy atom. The van der Waals surface area contributed by atoms with Crippen molar-refractivity contribution in [3.8, 4) is 0 Å². The average molecular weight is 359 g/mol. The van der Waals surface area contributed by atoms with Gasteiger partial charge in [0.05, 0.1) is 29.8 Å². The summed E-state index contributed by atoms with van der Waals surface area (Å²) in [4.78, 5) is 26.0. The summed E-state index contributed by atoms with van der Waals surface area (Å²) in [5, 5.41) is 3.76. The second-order valence-corrected chi connectivity index (χ2v) is 6.47. The van der Waals surface area contributed by atoms with Crippen LogP contribution in [0.3, 0.4) is 0 Å². The number of nitrogens with zero attached hydrogens (tertiary/aromatic N) is 1. The third-order valence-corrected chi connectivity index (χ3v) is 4.74. The van der Waals surface area contributed by atoms with Gasteiger partial charge in [-0.05, 0) is 51.1 Å². The maximum absolute atomic E-state index is 12.4. The number of nitrogens with one attached hydrogen (secondary N) is 1. The zero-order valence-electron chi connectivity index (χ0n) is 13.1. The van der Waals surface area contributed by atoms with Crippen LogP contribution in [0, 0.1) is 5.92 Å². The normalized spacial score (nSPS) is 17.6. The number of ether oxygens (including phenoxy) is 1. The van der Waals surface area contributed by atoms with Gasteiger partial charge >= 0.3 is 5.97 Å². The van der Waals surface area contributed by atoms with Crippen LogP contribution < -0.4 is 5.32 Å². The third kappa shape index (κ3) is 4.59. The number of anilines is 1. The zero-order valence-corrected chi connectivity index (χ0v) is 14.7. The summed E-state index contributed by atoms with van der Waals surface area (Å²) in [6, 6.07) is 4.62. The molecular weight excluding hydrogens is 339 g/mol. The first-order chi connectivity index (χ1) is 10.9. The molecule has 0 radical (unpaired) electrons. The van der Waals surface area contributed by atoms with Crippen molar-refractivity contribution < 1.29 is 14.3 Å². The number of hydrogen-bond acceptors (Lipinski definition) is 4. The largest absolute Gasteiger partial charge is 0.469 e. The van der Waals surface area contributed by atoms with E-state index in [1.165, 1.54) is 7.11 Å². The van der Waals surface area contributed by atoms with Gasteiger partial charge in [-0.15, -0.1) is 0 Å². The number of amides is 1. The summed E-state index contributed by atoms with van der Waals surface area (Å²) < 4.78 is 4.77. The molecule has 0 saturated carbocycles. The number of esters is 1. The van der Waals surface area contributed by atoms with Crippen molar-refractivity contribution in [2.45, 2.75) is 25.8 Å². The van der Waals surface area contributed by atoms with Gasteiger partial charge in [0.25, 0.3) is 0 Å². The van der Waals surface area contributed by atoms with Gasteiger partial charge < -0.3 is 10.1 Å². The average Bonchev–Trinajstić information content (AvgIpc) is 2.56.